The molecule has 0 saturated carbocycles. The van der Waals surface area contributed by atoms with Crippen LogP contribution in [0.1, 0.15) is 23.6 Å². The third kappa shape index (κ3) is 4.18. The zero-order chi connectivity index (χ0) is 16.8. The number of pyridine rings is 1. The van der Waals surface area contributed by atoms with Gasteiger partial charge in [-0.05, 0) is 18.1 Å². The molecule has 1 saturated heterocycles. The molecule has 24 heavy (non-hydrogen) atoms. The van der Waals surface area contributed by atoms with Gasteiger partial charge in [0.15, 0.2) is 0 Å². The zero-order valence-electron chi connectivity index (χ0n) is 13.9. The molecule has 0 amide bonds. The minimum Gasteiger partial charge on any atom is -0.395 e. The van der Waals surface area contributed by atoms with E-state index in [1.807, 2.05) is 31.4 Å². The molecular weight excluding hydrogens is 306 g/mol. The fraction of sp³-hybridized carbons (Fsp3) is 0.471. The predicted molar refractivity (Wildman–Crippen MR) is 92.1 cm³/mol. The van der Waals surface area contributed by atoms with Gasteiger partial charge in [0.2, 0.25) is 5.95 Å². The van der Waals surface area contributed by atoms with Crippen molar-refractivity contribution in [1.82, 2.24) is 15.0 Å². The van der Waals surface area contributed by atoms with Gasteiger partial charge in [0.25, 0.3) is 0 Å². The highest BCUT2D eigenvalue weighted by Crippen LogP contribution is 2.27. The van der Waals surface area contributed by atoms with Gasteiger partial charge in [0.05, 0.1) is 18.9 Å². The molecule has 3 heterocycles. The Bertz CT molecular complexity index is 647. The fourth-order valence-electron chi connectivity index (χ4n) is 2.72. The lowest BCUT2D eigenvalue weighted by atomic mass is 10.0. The van der Waals surface area contributed by atoms with Crippen molar-refractivity contribution < 1.29 is 9.84 Å². The van der Waals surface area contributed by atoms with Crippen LogP contribution in [0.5, 0.6) is 0 Å². The van der Waals surface area contributed by atoms with E-state index in [4.69, 9.17) is 9.84 Å². The van der Waals surface area contributed by atoms with Crippen molar-refractivity contribution >= 4 is 11.8 Å². The Morgan fingerprint density at radius 2 is 2.33 bits per heavy atom. The van der Waals surface area contributed by atoms with E-state index in [9.17, 15) is 0 Å². The molecule has 0 aliphatic carbocycles. The Kier molecular flexibility index (Phi) is 5.55. The highest BCUT2D eigenvalue weighted by Gasteiger charge is 2.21. The average Bonchev–Trinajstić information content (AvgIpc) is 3.15. The summed E-state index contributed by atoms with van der Waals surface area (Å²) >= 11 is 0. The molecule has 7 nitrogen and oxygen atoms in total. The van der Waals surface area contributed by atoms with E-state index < -0.39 is 0 Å². The number of rotatable bonds is 7. The highest BCUT2D eigenvalue weighted by molar-refractivity contribution is 5.45. The second-order valence-corrected chi connectivity index (χ2v) is 5.90. The van der Waals surface area contributed by atoms with Crippen LogP contribution < -0.4 is 10.2 Å². The van der Waals surface area contributed by atoms with Crippen LogP contribution in [0.15, 0.2) is 30.6 Å². The Balaban J connectivity index is 1.82. The van der Waals surface area contributed by atoms with Crippen LogP contribution >= 0.6 is 0 Å². The van der Waals surface area contributed by atoms with Crippen molar-refractivity contribution in [2.45, 2.75) is 18.9 Å². The lowest BCUT2D eigenvalue weighted by Crippen LogP contribution is -2.20. The lowest BCUT2D eigenvalue weighted by Gasteiger charge is -2.20. The molecule has 0 bridgehead atoms. The average molecular weight is 329 g/mol. The summed E-state index contributed by atoms with van der Waals surface area (Å²) in [6, 6.07) is 6.00. The summed E-state index contributed by atoms with van der Waals surface area (Å²) in [5, 5.41) is 12.1. The predicted octanol–water partition coefficient (Wildman–Crippen LogP) is 1.42. The van der Waals surface area contributed by atoms with Crippen molar-refractivity contribution in [1.29, 1.82) is 0 Å². The van der Waals surface area contributed by atoms with E-state index in [2.05, 4.69) is 25.2 Å². The van der Waals surface area contributed by atoms with Gasteiger partial charge in [-0.1, -0.05) is 6.07 Å². The molecule has 0 radical (unpaired) electrons. The summed E-state index contributed by atoms with van der Waals surface area (Å²) < 4.78 is 5.49. The van der Waals surface area contributed by atoms with Crippen molar-refractivity contribution in [3.8, 4) is 0 Å². The maximum Gasteiger partial charge on any atom is 0.224 e. The second kappa shape index (κ2) is 8.03. The molecule has 2 aromatic rings. The van der Waals surface area contributed by atoms with Crippen molar-refractivity contribution in [2.24, 2.45) is 0 Å². The molecule has 0 unspecified atom stereocenters. The van der Waals surface area contributed by atoms with E-state index in [-0.39, 0.29) is 6.61 Å². The van der Waals surface area contributed by atoms with Crippen molar-refractivity contribution in [3.05, 3.63) is 41.9 Å². The van der Waals surface area contributed by atoms with E-state index in [0.717, 1.165) is 30.1 Å². The van der Waals surface area contributed by atoms with Crippen LogP contribution in [-0.4, -0.2) is 53.5 Å². The number of aliphatic hydroxyl groups excluding tert-OH is 1. The summed E-state index contributed by atoms with van der Waals surface area (Å²) in [4.78, 5) is 15.4. The number of anilines is 2. The second-order valence-electron chi connectivity index (χ2n) is 5.90. The van der Waals surface area contributed by atoms with E-state index in [1.54, 1.807) is 6.20 Å². The van der Waals surface area contributed by atoms with Crippen molar-refractivity contribution in [3.63, 3.8) is 0 Å². The Morgan fingerprint density at radius 3 is 3.04 bits per heavy atom. The monoisotopic (exact) mass is 329 g/mol. The smallest absolute Gasteiger partial charge is 0.224 e. The Labute approximate surface area is 141 Å². The first-order valence-corrected chi connectivity index (χ1v) is 8.18. The first kappa shape index (κ1) is 16.6. The van der Waals surface area contributed by atoms with Crippen LogP contribution in [-0.2, 0) is 11.3 Å². The molecule has 0 aromatic carbocycles. The van der Waals surface area contributed by atoms with Gasteiger partial charge in [0.1, 0.15) is 5.82 Å². The number of ether oxygens (including phenoxy) is 1. The zero-order valence-corrected chi connectivity index (χ0v) is 13.9. The van der Waals surface area contributed by atoms with Gasteiger partial charge >= 0.3 is 0 Å². The van der Waals surface area contributed by atoms with Gasteiger partial charge in [-0.3, -0.25) is 4.98 Å². The van der Waals surface area contributed by atoms with Crippen LogP contribution in [0.2, 0.25) is 0 Å². The first-order chi connectivity index (χ1) is 11.8. The van der Waals surface area contributed by atoms with Gasteiger partial charge in [-0.15, -0.1) is 0 Å². The number of hydrogen-bond acceptors (Lipinski definition) is 7. The summed E-state index contributed by atoms with van der Waals surface area (Å²) in [6.07, 6.45) is 4.60. The van der Waals surface area contributed by atoms with Crippen LogP contribution in [0, 0.1) is 0 Å². The molecule has 3 rings (SSSR count). The van der Waals surface area contributed by atoms with Crippen LogP contribution in [0.25, 0.3) is 0 Å². The maximum atomic E-state index is 9.03. The van der Waals surface area contributed by atoms with E-state index in [1.165, 1.54) is 0 Å². The molecule has 1 atom stereocenters. The highest BCUT2D eigenvalue weighted by atomic mass is 16.5. The summed E-state index contributed by atoms with van der Waals surface area (Å²) in [5.74, 6) is 1.69. The van der Waals surface area contributed by atoms with Gasteiger partial charge in [-0.2, -0.15) is 4.98 Å². The van der Waals surface area contributed by atoms with E-state index in [0.29, 0.717) is 31.6 Å². The van der Waals surface area contributed by atoms with Gasteiger partial charge in [-0.25, -0.2) is 4.98 Å². The number of aromatic nitrogens is 3. The van der Waals surface area contributed by atoms with Crippen LogP contribution in [0.4, 0.5) is 11.8 Å². The van der Waals surface area contributed by atoms with Crippen molar-refractivity contribution in [2.75, 3.05) is 43.6 Å². The standard InChI is InChI=1S/C17H23N5O2/c1-22(11-13-3-2-5-18-10-13)16-9-15(14-4-8-24-12-14)20-17(21-16)19-6-7-23/h2-3,5,9-10,14,23H,4,6-8,11-12H2,1H3,(H,19,20,21)/t14-/m0/s1. The number of nitrogens with zero attached hydrogens (tertiary/aromatic N) is 4. The maximum absolute atomic E-state index is 9.03. The van der Waals surface area contributed by atoms with E-state index >= 15 is 0 Å². The van der Waals surface area contributed by atoms with Gasteiger partial charge in [0, 0.05) is 51.1 Å². The fourth-order valence-corrected chi connectivity index (χ4v) is 2.72. The summed E-state index contributed by atoms with van der Waals surface area (Å²) in [6.45, 7) is 2.65. The molecular formula is C17H23N5O2. The molecule has 2 N–H and O–H groups in total. The Morgan fingerprint density at radius 1 is 1.42 bits per heavy atom. The largest absolute Gasteiger partial charge is 0.395 e. The number of aliphatic hydroxyl groups is 1. The Hall–Kier alpha value is -2.25. The molecule has 128 valence electrons. The van der Waals surface area contributed by atoms with Gasteiger partial charge < -0.3 is 20.1 Å². The molecule has 1 fully saturated rings. The molecule has 0 spiro atoms. The third-order valence-corrected chi connectivity index (χ3v) is 4.01. The summed E-state index contributed by atoms with van der Waals surface area (Å²) in [7, 11) is 2.00. The number of hydrogen-bond donors (Lipinski definition) is 2. The minimum atomic E-state index is 0.0426. The molecule has 2 aromatic heterocycles. The lowest BCUT2D eigenvalue weighted by molar-refractivity contribution is 0.193. The molecule has 1 aliphatic rings. The molecule has 1 aliphatic heterocycles. The quantitative estimate of drug-likeness (QED) is 0.795. The van der Waals surface area contributed by atoms with Crippen LogP contribution in [0.3, 0.4) is 0 Å². The minimum absolute atomic E-state index is 0.0426. The molecule has 7 heteroatoms. The normalized spacial score (nSPS) is 17.0. The topological polar surface area (TPSA) is 83.4 Å². The SMILES string of the molecule is CN(Cc1cccnc1)c1cc([C@H]2CCOC2)nc(NCCO)n1. The first-order valence-electron chi connectivity index (χ1n) is 8.18. The number of nitrogens with one attached hydrogen (secondary N) is 1. The third-order valence-electron chi connectivity index (χ3n) is 4.01. The summed E-state index contributed by atoms with van der Waals surface area (Å²) in [5.41, 5.74) is 2.10.